The van der Waals surface area contributed by atoms with Crippen molar-refractivity contribution in [1.82, 2.24) is 0 Å². The number of para-hydroxylation sites is 1. The molecule has 0 spiro atoms. The Morgan fingerprint density at radius 1 is 1.38 bits per heavy atom. The van der Waals surface area contributed by atoms with Crippen molar-refractivity contribution < 1.29 is 17.7 Å². The van der Waals surface area contributed by atoms with E-state index in [9.17, 15) is 13.0 Å². The summed E-state index contributed by atoms with van der Waals surface area (Å²) in [6, 6.07) is 5.77. The maximum Gasteiger partial charge on any atom is 0.136 e. The molecule has 1 aromatic carbocycles. The van der Waals surface area contributed by atoms with Gasteiger partial charge in [-0.2, -0.15) is 0 Å². The van der Waals surface area contributed by atoms with Gasteiger partial charge in [-0.15, -0.1) is 0 Å². The van der Waals surface area contributed by atoms with Crippen molar-refractivity contribution in [3.8, 4) is 5.75 Å². The van der Waals surface area contributed by atoms with Crippen LogP contribution in [0.15, 0.2) is 29.2 Å². The van der Waals surface area contributed by atoms with Crippen LogP contribution in [-0.4, -0.2) is 19.6 Å². The molecule has 0 radical (unpaired) electrons. The summed E-state index contributed by atoms with van der Waals surface area (Å²) in [6.07, 6.45) is 0. The van der Waals surface area contributed by atoms with E-state index in [1.165, 1.54) is 18.2 Å². The van der Waals surface area contributed by atoms with E-state index in [1.807, 2.05) is 0 Å². The van der Waals surface area contributed by atoms with Gasteiger partial charge >= 0.3 is 0 Å². The summed E-state index contributed by atoms with van der Waals surface area (Å²) in [6.45, 7) is 2.04. The lowest BCUT2D eigenvalue weighted by molar-refractivity contribution is 0.329. The van der Waals surface area contributed by atoms with Crippen LogP contribution in [0.5, 0.6) is 5.75 Å². The Morgan fingerprint density at radius 3 is 2.54 bits per heavy atom. The van der Waals surface area contributed by atoms with Gasteiger partial charge in [-0.25, -0.2) is 8.42 Å². The first-order valence-electron chi connectivity index (χ1n) is 3.73. The zero-order valence-corrected chi connectivity index (χ0v) is 7.87. The Balaban J connectivity index is 3.20. The van der Waals surface area contributed by atoms with Crippen molar-refractivity contribution in [2.75, 3.05) is 6.61 Å². The predicted molar refractivity (Wildman–Crippen MR) is 45.6 cm³/mol. The number of benzene rings is 1. The van der Waals surface area contributed by atoms with Crippen LogP contribution in [0.2, 0.25) is 0 Å². The molecule has 1 aromatic rings. The first-order chi connectivity index (χ1) is 6.05. The van der Waals surface area contributed by atoms with Crippen molar-refractivity contribution in [3.05, 3.63) is 24.3 Å². The lowest BCUT2D eigenvalue weighted by Crippen LogP contribution is -2.03. The molecule has 0 aliphatic heterocycles. The van der Waals surface area contributed by atoms with Crippen LogP contribution in [0.4, 0.5) is 0 Å². The molecule has 0 heterocycles. The summed E-state index contributed by atoms with van der Waals surface area (Å²) >= 11 is 0. The van der Waals surface area contributed by atoms with Gasteiger partial charge in [0, 0.05) is 0 Å². The molecular formula is C8H9O4S-. The van der Waals surface area contributed by atoms with E-state index < -0.39 is 10.1 Å². The molecule has 0 aliphatic rings. The third kappa shape index (κ3) is 2.43. The fourth-order valence-corrected chi connectivity index (χ4v) is 1.55. The van der Waals surface area contributed by atoms with Gasteiger partial charge in [0.2, 0.25) is 0 Å². The Bertz CT molecular complexity index is 383. The minimum atomic E-state index is -4.43. The minimum Gasteiger partial charge on any atom is -0.744 e. The molecule has 0 unspecified atom stereocenters. The van der Waals surface area contributed by atoms with Gasteiger partial charge in [0.25, 0.3) is 0 Å². The second kappa shape index (κ2) is 3.76. The number of rotatable bonds is 3. The molecule has 0 saturated carbocycles. The Hall–Kier alpha value is -1.07. The zero-order valence-electron chi connectivity index (χ0n) is 7.06. The molecular weight excluding hydrogens is 192 g/mol. The summed E-state index contributed by atoms with van der Waals surface area (Å²) in [7, 11) is -4.43. The molecule has 1 rings (SSSR count). The van der Waals surface area contributed by atoms with Crippen LogP contribution in [-0.2, 0) is 10.1 Å². The van der Waals surface area contributed by atoms with Crippen molar-refractivity contribution in [2.24, 2.45) is 0 Å². The number of ether oxygens (including phenoxy) is 1. The first-order valence-corrected chi connectivity index (χ1v) is 5.14. The number of hydrogen-bond donors (Lipinski definition) is 0. The van der Waals surface area contributed by atoms with Crippen LogP contribution in [0.3, 0.4) is 0 Å². The highest BCUT2D eigenvalue weighted by molar-refractivity contribution is 7.85. The highest BCUT2D eigenvalue weighted by atomic mass is 32.2. The third-order valence-electron chi connectivity index (χ3n) is 1.42. The molecule has 13 heavy (non-hydrogen) atoms. The molecule has 0 N–H and O–H groups in total. The second-order valence-electron chi connectivity index (χ2n) is 2.33. The lowest BCUT2D eigenvalue weighted by Gasteiger charge is -2.12. The average Bonchev–Trinajstić information content (AvgIpc) is 2.04. The van der Waals surface area contributed by atoms with Gasteiger partial charge < -0.3 is 9.29 Å². The molecule has 0 amide bonds. The molecule has 0 bridgehead atoms. The summed E-state index contributed by atoms with van der Waals surface area (Å²) in [5.41, 5.74) is 0. The fraction of sp³-hybridized carbons (Fsp3) is 0.250. The van der Waals surface area contributed by atoms with E-state index in [2.05, 4.69) is 0 Å². The summed E-state index contributed by atoms with van der Waals surface area (Å²) in [4.78, 5) is -0.308. The molecule has 0 aliphatic carbocycles. The summed E-state index contributed by atoms with van der Waals surface area (Å²) in [5, 5.41) is 0. The van der Waals surface area contributed by atoms with E-state index in [-0.39, 0.29) is 10.6 Å². The summed E-state index contributed by atoms with van der Waals surface area (Å²) in [5.74, 6) is 0.111. The average molecular weight is 201 g/mol. The predicted octanol–water partition coefficient (Wildman–Crippen LogP) is 0.989. The topological polar surface area (TPSA) is 66.4 Å². The molecule has 0 atom stereocenters. The fourth-order valence-electron chi connectivity index (χ4n) is 0.931. The van der Waals surface area contributed by atoms with Crippen molar-refractivity contribution >= 4 is 10.1 Å². The van der Waals surface area contributed by atoms with Gasteiger partial charge in [-0.3, -0.25) is 0 Å². The Morgan fingerprint density at radius 2 is 2.00 bits per heavy atom. The number of hydrogen-bond acceptors (Lipinski definition) is 4. The van der Waals surface area contributed by atoms with E-state index in [1.54, 1.807) is 13.0 Å². The van der Waals surface area contributed by atoms with Gasteiger partial charge in [-0.1, -0.05) is 12.1 Å². The molecule has 0 aromatic heterocycles. The third-order valence-corrected chi connectivity index (χ3v) is 2.29. The highest BCUT2D eigenvalue weighted by Crippen LogP contribution is 2.22. The largest absolute Gasteiger partial charge is 0.744 e. The van der Waals surface area contributed by atoms with Gasteiger partial charge in [0.1, 0.15) is 15.9 Å². The van der Waals surface area contributed by atoms with E-state index in [0.717, 1.165) is 0 Å². The zero-order chi connectivity index (χ0) is 9.90. The highest BCUT2D eigenvalue weighted by Gasteiger charge is 2.07. The lowest BCUT2D eigenvalue weighted by atomic mass is 10.3. The van der Waals surface area contributed by atoms with Crippen LogP contribution >= 0.6 is 0 Å². The maximum absolute atomic E-state index is 10.7. The van der Waals surface area contributed by atoms with Crippen molar-refractivity contribution in [2.45, 2.75) is 11.8 Å². The van der Waals surface area contributed by atoms with Crippen LogP contribution in [0.25, 0.3) is 0 Å². The van der Waals surface area contributed by atoms with Crippen LogP contribution in [0, 0.1) is 0 Å². The molecule has 4 nitrogen and oxygen atoms in total. The monoisotopic (exact) mass is 201 g/mol. The van der Waals surface area contributed by atoms with Crippen LogP contribution < -0.4 is 4.74 Å². The molecule has 0 saturated heterocycles. The molecule has 0 fully saturated rings. The Labute approximate surface area is 76.9 Å². The SMILES string of the molecule is CCOc1ccccc1S(=O)(=O)[O-]. The Kier molecular flexibility index (Phi) is 2.90. The van der Waals surface area contributed by atoms with E-state index >= 15 is 0 Å². The standard InChI is InChI=1S/C8H10O4S/c1-2-12-7-5-3-4-6-8(7)13(9,10)11/h3-6H,2H2,1H3,(H,9,10,11)/p-1. The minimum absolute atomic E-state index is 0.111. The summed E-state index contributed by atoms with van der Waals surface area (Å²) < 4.78 is 37.1. The maximum atomic E-state index is 10.7. The smallest absolute Gasteiger partial charge is 0.136 e. The van der Waals surface area contributed by atoms with E-state index in [4.69, 9.17) is 4.74 Å². The first kappa shape index (κ1) is 10.0. The van der Waals surface area contributed by atoms with Crippen molar-refractivity contribution in [3.63, 3.8) is 0 Å². The molecule has 72 valence electrons. The normalized spacial score (nSPS) is 11.2. The van der Waals surface area contributed by atoms with Crippen LogP contribution in [0.1, 0.15) is 6.92 Å². The van der Waals surface area contributed by atoms with Gasteiger partial charge in [-0.05, 0) is 19.1 Å². The molecule has 5 heteroatoms. The van der Waals surface area contributed by atoms with Gasteiger partial charge in [0.15, 0.2) is 0 Å². The van der Waals surface area contributed by atoms with Gasteiger partial charge in [0.05, 0.1) is 11.5 Å². The quantitative estimate of drug-likeness (QED) is 0.684. The van der Waals surface area contributed by atoms with E-state index in [0.29, 0.717) is 6.61 Å². The second-order valence-corrected chi connectivity index (χ2v) is 3.68. The van der Waals surface area contributed by atoms with Crippen molar-refractivity contribution in [1.29, 1.82) is 0 Å².